The maximum absolute atomic E-state index is 6.59. The molecule has 2 rings (SSSR count). The first kappa shape index (κ1) is 14.9. The zero-order valence-electron chi connectivity index (χ0n) is 11.8. The molecule has 106 valence electrons. The lowest BCUT2D eigenvalue weighted by Crippen LogP contribution is -2.35. The van der Waals surface area contributed by atoms with Gasteiger partial charge in [-0.1, -0.05) is 34.1 Å². The minimum Gasteiger partial charge on any atom is -0.496 e. The molecule has 2 N–H and O–H groups in total. The van der Waals surface area contributed by atoms with Crippen LogP contribution in [-0.4, -0.2) is 14.2 Å². The predicted molar refractivity (Wildman–Crippen MR) is 84.3 cm³/mol. The van der Waals surface area contributed by atoms with Crippen molar-refractivity contribution in [3.63, 3.8) is 0 Å². The van der Waals surface area contributed by atoms with Crippen LogP contribution in [0.2, 0.25) is 0 Å². The molecule has 20 heavy (non-hydrogen) atoms. The van der Waals surface area contributed by atoms with Gasteiger partial charge in [0.2, 0.25) is 0 Å². The summed E-state index contributed by atoms with van der Waals surface area (Å²) in [5, 5.41) is 0. The molecule has 3 nitrogen and oxygen atoms in total. The Morgan fingerprint density at radius 1 is 0.950 bits per heavy atom. The lowest BCUT2D eigenvalue weighted by molar-refractivity contribution is 0.369. The van der Waals surface area contributed by atoms with Gasteiger partial charge in [-0.15, -0.1) is 0 Å². The van der Waals surface area contributed by atoms with E-state index in [1.165, 1.54) is 0 Å². The Labute approximate surface area is 127 Å². The summed E-state index contributed by atoms with van der Waals surface area (Å²) in [7, 11) is 3.27. The summed E-state index contributed by atoms with van der Waals surface area (Å²) >= 11 is 3.43. The molecule has 1 unspecified atom stereocenters. The van der Waals surface area contributed by atoms with E-state index in [4.69, 9.17) is 15.2 Å². The number of halogens is 1. The van der Waals surface area contributed by atoms with Crippen molar-refractivity contribution in [3.8, 4) is 11.5 Å². The minimum atomic E-state index is -0.710. The van der Waals surface area contributed by atoms with Crippen LogP contribution >= 0.6 is 15.9 Å². The highest BCUT2D eigenvalue weighted by Gasteiger charge is 2.30. The summed E-state index contributed by atoms with van der Waals surface area (Å²) in [5.74, 6) is 1.44. The maximum atomic E-state index is 6.59. The fourth-order valence-corrected chi connectivity index (χ4v) is 2.57. The molecule has 0 radical (unpaired) electrons. The highest BCUT2D eigenvalue weighted by molar-refractivity contribution is 9.10. The van der Waals surface area contributed by atoms with Crippen molar-refractivity contribution in [2.75, 3.05) is 14.2 Å². The number of methoxy groups -OCH3 is 2. The number of ether oxygens (including phenoxy) is 2. The Morgan fingerprint density at radius 2 is 1.45 bits per heavy atom. The van der Waals surface area contributed by atoms with E-state index >= 15 is 0 Å². The van der Waals surface area contributed by atoms with Crippen molar-refractivity contribution >= 4 is 15.9 Å². The third kappa shape index (κ3) is 2.67. The third-order valence-corrected chi connectivity index (χ3v) is 3.92. The molecule has 0 heterocycles. The van der Waals surface area contributed by atoms with Crippen LogP contribution in [0.1, 0.15) is 18.1 Å². The topological polar surface area (TPSA) is 44.5 Å². The van der Waals surface area contributed by atoms with Crippen LogP contribution in [0.5, 0.6) is 11.5 Å². The number of rotatable bonds is 4. The molecule has 0 amide bonds. The first-order valence-corrected chi connectivity index (χ1v) is 7.06. The molecule has 0 aliphatic heterocycles. The number of hydrogen-bond donors (Lipinski definition) is 1. The van der Waals surface area contributed by atoms with Gasteiger partial charge in [-0.25, -0.2) is 0 Å². The number of nitrogens with two attached hydrogens (primary N) is 1. The normalized spacial score (nSPS) is 13.7. The highest BCUT2D eigenvalue weighted by Crippen LogP contribution is 2.40. The van der Waals surface area contributed by atoms with Crippen LogP contribution in [0.25, 0.3) is 0 Å². The largest absolute Gasteiger partial charge is 0.496 e. The van der Waals surface area contributed by atoms with Crippen LogP contribution < -0.4 is 15.2 Å². The van der Waals surface area contributed by atoms with Crippen molar-refractivity contribution in [3.05, 3.63) is 58.1 Å². The molecule has 0 aliphatic rings. The molecule has 2 aromatic rings. The van der Waals surface area contributed by atoms with E-state index in [0.29, 0.717) is 0 Å². The molecule has 1 atom stereocenters. The average molecular weight is 336 g/mol. The van der Waals surface area contributed by atoms with Crippen LogP contribution in [0.15, 0.2) is 46.9 Å². The SMILES string of the molecule is COc1cccc(OC)c1C(C)(N)c1ccc(Br)cc1. The van der Waals surface area contributed by atoms with Crippen molar-refractivity contribution < 1.29 is 9.47 Å². The average Bonchev–Trinajstić information content (AvgIpc) is 2.46. The first-order chi connectivity index (χ1) is 9.50. The van der Waals surface area contributed by atoms with E-state index in [-0.39, 0.29) is 0 Å². The first-order valence-electron chi connectivity index (χ1n) is 6.27. The smallest absolute Gasteiger partial charge is 0.127 e. The van der Waals surface area contributed by atoms with Gasteiger partial charge in [0.15, 0.2) is 0 Å². The maximum Gasteiger partial charge on any atom is 0.127 e. The molecule has 4 heteroatoms. The summed E-state index contributed by atoms with van der Waals surface area (Å²) in [5.41, 5.74) is 7.71. The van der Waals surface area contributed by atoms with Crippen molar-refractivity contribution in [2.45, 2.75) is 12.5 Å². The van der Waals surface area contributed by atoms with Gasteiger partial charge in [0.25, 0.3) is 0 Å². The molecule has 0 aliphatic carbocycles. The van der Waals surface area contributed by atoms with Crippen LogP contribution in [0.4, 0.5) is 0 Å². The zero-order valence-corrected chi connectivity index (χ0v) is 13.4. The van der Waals surface area contributed by atoms with E-state index in [0.717, 1.165) is 27.1 Å². The Balaban J connectivity index is 2.61. The fourth-order valence-electron chi connectivity index (χ4n) is 2.30. The molecule has 0 fully saturated rings. The van der Waals surface area contributed by atoms with E-state index in [1.807, 2.05) is 49.4 Å². The fraction of sp³-hybridized carbons (Fsp3) is 0.250. The van der Waals surface area contributed by atoms with E-state index in [2.05, 4.69) is 15.9 Å². The van der Waals surface area contributed by atoms with Crippen molar-refractivity contribution in [1.82, 2.24) is 0 Å². The second-order valence-corrected chi connectivity index (χ2v) is 5.66. The molecule has 0 spiro atoms. The molecule has 0 bridgehead atoms. The van der Waals surface area contributed by atoms with Gasteiger partial charge in [-0.2, -0.15) is 0 Å². The Bertz CT molecular complexity index is 572. The molecule has 0 saturated carbocycles. The quantitative estimate of drug-likeness (QED) is 0.926. The lowest BCUT2D eigenvalue weighted by Gasteiger charge is -2.29. The Morgan fingerprint density at radius 3 is 1.90 bits per heavy atom. The van der Waals surface area contributed by atoms with Crippen LogP contribution in [-0.2, 0) is 5.54 Å². The summed E-state index contributed by atoms with van der Waals surface area (Å²) < 4.78 is 11.9. The molecular weight excluding hydrogens is 318 g/mol. The van der Waals surface area contributed by atoms with E-state index in [1.54, 1.807) is 14.2 Å². The molecule has 0 aromatic heterocycles. The van der Waals surface area contributed by atoms with Gasteiger partial charge in [0.1, 0.15) is 11.5 Å². The monoisotopic (exact) mass is 335 g/mol. The second-order valence-electron chi connectivity index (χ2n) is 4.75. The molecule has 0 saturated heterocycles. The van der Waals surface area contributed by atoms with Gasteiger partial charge in [-0.05, 0) is 36.8 Å². The Hall–Kier alpha value is -1.52. The summed E-state index contributed by atoms with van der Waals surface area (Å²) in [6, 6.07) is 13.6. The predicted octanol–water partition coefficient (Wildman–Crippen LogP) is 3.69. The summed E-state index contributed by atoms with van der Waals surface area (Å²) in [6.07, 6.45) is 0. The summed E-state index contributed by atoms with van der Waals surface area (Å²) in [4.78, 5) is 0. The van der Waals surface area contributed by atoms with Gasteiger partial charge in [0.05, 0.1) is 25.3 Å². The second kappa shape index (κ2) is 5.85. The van der Waals surface area contributed by atoms with Gasteiger partial charge < -0.3 is 15.2 Å². The molecule has 2 aromatic carbocycles. The van der Waals surface area contributed by atoms with Crippen LogP contribution in [0.3, 0.4) is 0 Å². The number of hydrogen-bond acceptors (Lipinski definition) is 3. The third-order valence-electron chi connectivity index (χ3n) is 3.39. The van der Waals surface area contributed by atoms with Crippen molar-refractivity contribution in [1.29, 1.82) is 0 Å². The van der Waals surface area contributed by atoms with Crippen LogP contribution in [0, 0.1) is 0 Å². The van der Waals surface area contributed by atoms with Gasteiger partial charge in [0, 0.05) is 4.47 Å². The number of benzene rings is 2. The minimum absolute atomic E-state index is 0.710. The van der Waals surface area contributed by atoms with Gasteiger partial charge >= 0.3 is 0 Å². The Kier molecular flexibility index (Phi) is 4.35. The van der Waals surface area contributed by atoms with E-state index in [9.17, 15) is 0 Å². The van der Waals surface area contributed by atoms with Crippen molar-refractivity contribution in [2.24, 2.45) is 5.73 Å². The standard InChI is InChI=1S/C16H18BrNO2/c1-16(18,11-7-9-12(17)10-8-11)15-13(19-2)5-4-6-14(15)20-3/h4-10H,18H2,1-3H3. The van der Waals surface area contributed by atoms with Gasteiger partial charge in [-0.3, -0.25) is 0 Å². The zero-order chi connectivity index (χ0) is 14.8. The lowest BCUT2D eigenvalue weighted by atomic mass is 9.84. The molecular formula is C16H18BrNO2. The highest BCUT2D eigenvalue weighted by atomic mass is 79.9. The van der Waals surface area contributed by atoms with E-state index < -0.39 is 5.54 Å². The summed E-state index contributed by atoms with van der Waals surface area (Å²) in [6.45, 7) is 1.95.